The van der Waals surface area contributed by atoms with Crippen molar-refractivity contribution in [2.45, 2.75) is 0 Å². The molecule has 3 heteroatoms. The lowest BCUT2D eigenvalue weighted by Crippen LogP contribution is -1.88. The van der Waals surface area contributed by atoms with Crippen LogP contribution in [-0.2, 0) is 0 Å². The van der Waals surface area contributed by atoms with Gasteiger partial charge in [-0.25, -0.2) is 0 Å². The summed E-state index contributed by atoms with van der Waals surface area (Å²) in [6, 6.07) is 19.9. The highest BCUT2D eigenvalue weighted by atomic mass is 14.7. The largest absolute Gasteiger partial charge is 0.254 e. The van der Waals surface area contributed by atoms with Gasteiger partial charge in [-0.2, -0.15) is 5.26 Å². The van der Waals surface area contributed by atoms with Crippen molar-refractivity contribution in [2.24, 2.45) is 0 Å². The van der Waals surface area contributed by atoms with Gasteiger partial charge in [0, 0.05) is 23.2 Å². The molecule has 0 aliphatic rings. The minimum absolute atomic E-state index is 0.661. The van der Waals surface area contributed by atoms with Crippen LogP contribution in [0.1, 0.15) is 5.56 Å². The van der Waals surface area contributed by atoms with Gasteiger partial charge in [0.15, 0.2) is 0 Å². The first-order valence-electron chi connectivity index (χ1n) is 7.00. The normalized spacial score (nSPS) is 10.7. The zero-order valence-electron chi connectivity index (χ0n) is 11.7. The summed E-state index contributed by atoms with van der Waals surface area (Å²) in [5, 5.41) is 11.1. The van der Waals surface area contributed by atoms with E-state index in [1.54, 1.807) is 12.4 Å². The maximum Gasteiger partial charge on any atom is 0.0991 e. The monoisotopic (exact) mass is 281 g/mol. The Hall–Kier alpha value is -3.25. The van der Waals surface area contributed by atoms with Crippen molar-refractivity contribution in [3.63, 3.8) is 0 Å². The number of aromatic nitrogens is 2. The summed E-state index contributed by atoms with van der Waals surface area (Å²) in [6.07, 6.45) is 3.58. The molecule has 4 aromatic rings. The molecule has 0 atom stereocenters. The highest BCUT2D eigenvalue weighted by Crippen LogP contribution is 2.32. The maximum absolute atomic E-state index is 8.94. The van der Waals surface area contributed by atoms with Gasteiger partial charge in [-0.3, -0.25) is 9.97 Å². The lowest BCUT2D eigenvalue weighted by atomic mass is 9.97. The number of nitrogens with zero attached hydrogens (tertiary/aromatic N) is 3. The maximum atomic E-state index is 8.94. The van der Waals surface area contributed by atoms with Crippen LogP contribution in [0.15, 0.2) is 67.0 Å². The second kappa shape index (κ2) is 4.94. The van der Waals surface area contributed by atoms with Crippen LogP contribution in [0, 0.1) is 11.3 Å². The van der Waals surface area contributed by atoms with Crippen molar-refractivity contribution in [1.82, 2.24) is 9.97 Å². The van der Waals surface area contributed by atoms with Gasteiger partial charge in [-0.15, -0.1) is 0 Å². The van der Waals surface area contributed by atoms with Crippen LogP contribution < -0.4 is 0 Å². The Labute approximate surface area is 127 Å². The molecule has 0 spiro atoms. The van der Waals surface area contributed by atoms with Gasteiger partial charge in [0.25, 0.3) is 0 Å². The zero-order chi connectivity index (χ0) is 14.9. The van der Waals surface area contributed by atoms with Gasteiger partial charge in [0.05, 0.1) is 22.7 Å². The Kier molecular flexibility index (Phi) is 2.80. The number of benzene rings is 2. The number of nitriles is 1. The molecular weight excluding hydrogens is 270 g/mol. The van der Waals surface area contributed by atoms with Gasteiger partial charge in [-0.1, -0.05) is 24.3 Å². The number of hydrogen-bond acceptors (Lipinski definition) is 3. The van der Waals surface area contributed by atoms with Crippen molar-refractivity contribution in [2.75, 3.05) is 0 Å². The van der Waals surface area contributed by atoms with Crippen molar-refractivity contribution < 1.29 is 0 Å². The van der Waals surface area contributed by atoms with Crippen LogP contribution in [0.25, 0.3) is 32.9 Å². The average Bonchev–Trinajstić information content (AvgIpc) is 2.61. The van der Waals surface area contributed by atoms with E-state index in [1.807, 2.05) is 42.5 Å². The molecule has 3 nitrogen and oxygen atoms in total. The predicted octanol–water partition coefficient (Wildman–Crippen LogP) is 4.32. The molecule has 0 N–H and O–H groups in total. The smallest absolute Gasteiger partial charge is 0.0991 e. The first kappa shape index (κ1) is 12.5. The Balaban J connectivity index is 2.08. The summed E-state index contributed by atoms with van der Waals surface area (Å²) in [4.78, 5) is 8.98. The van der Waals surface area contributed by atoms with E-state index in [0.29, 0.717) is 5.56 Å². The molecule has 102 valence electrons. The van der Waals surface area contributed by atoms with Crippen LogP contribution in [-0.4, -0.2) is 9.97 Å². The summed E-state index contributed by atoms with van der Waals surface area (Å²) < 4.78 is 0. The molecule has 2 heterocycles. The molecule has 0 amide bonds. The van der Waals surface area contributed by atoms with Gasteiger partial charge < -0.3 is 0 Å². The molecule has 0 unspecified atom stereocenters. The standard InChI is InChI=1S/C19H11N3/c20-12-13-5-7-14(8-6-13)17-11-15-3-1-9-21-18(15)19-16(17)4-2-10-22-19/h1-11H. The summed E-state index contributed by atoms with van der Waals surface area (Å²) in [7, 11) is 0. The quantitative estimate of drug-likeness (QED) is 0.488. The lowest BCUT2D eigenvalue weighted by Gasteiger charge is -2.09. The molecular formula is C19H11N3. The molecule has 0 aliphatic heterocycles. The predicted molar refractivity (Wildman–Crippen MR) is 87.2 cm³/mol. The van der Waals surface area contributed by atoms with E-state index < -0.39 is 0 Å². The Bertz CT molecular complexity index is 1030. The second-order valence-electron chi connectivity index (χ2n) is 5.09. The molecule has 0 saturated heterocycles. The number of pyridine rings is 2. The number of rotatable bonds is 1. The fourth-order valence-corrected chi connectivity index (χ4v) is 2.74. The summed E-state index contributed by atoms with van der Waals surface area (Å²) in [5.74, 6) is 0. The molecule has 2 aromatic carbocycles. The minimum atomic E-state index is 0.661. The Morgan fingerprint density at radius 3 is 2.32 bits per heavy atom. The van der Waals surface area contributed by atoms with E-state index in [0.717, 1.165) is 32.9 Å². The highest BCUT2D eigenvalue weighted by molar-refractivity contribution is 6.10. The van der Waals surface area contributed by atoms with Gasteiger partial charge in [0.1, 0.15) is 0 Å². The Morgan fingerprint density at radius 2 is 1.55 bits per heavy atom. The number of fused-ring (bicyclic) bond motifs is 3. The average molecular weight is 281 g/mol. The first-order chi connectivity index (χ1) is 10.9. The van der Waals surface area contributed by atoms with Crippen molar-refractivity contribution in [3.05, 3.63) is 72.6 Å². The minimum Gasteiger partial charge on any atom is -0.254 e. The molecule has 0 radical (unpaired) electrons. The van der Waals surface area contributed by atoms with Crippen LogP contribution >= 0.6 is 0 Å². The topological polar surface area (TPSA) is 49.6 Å². The van der Waals surface area contributed by atoms with Crippen LogP contribution in [0.4, 0.5) is 0 Å². The lowest BCUT2D eigenvalue weighted by molar-refractivity contribution is 1.37. The van der Waals surface area contributed by atoms with E-state index in [1.165, 1.54) is 0 Å². The van der Waals surface area contributed by atoms with Crippen molar-refractivity contribution in [3.8, 4) is 17.2 Å². The molecule has 4 rings (SSSR count). The molecule has 0 bridgehead atoms. The summed E-state index contributed by atoms with van der Waals surface area (Å²) in [6.45, 7) is 0. The Morgan fingerprint density at radius 1 is 0.818 bits per heavy atom. The SMILES string of the molecule is N#Cc1ccc(-c2cc3cccnc3c3ncccc23)cc1. The molecule has 0 saturated carbocycles. The molecule has 22 heavy (non-hydrogen) atoms. The number of hydrogen-bond donors (Lipinski definition) is 0. The van der Waals surface area contributed by atoms with Gasteiger partial charge >= 0.3 is 0 Å². The van der Waals surface area contributed by atoms with E-state index in [-0.39, 0.29) is 0 Å². The van der Waals surface area contributed by atoms with E-state index in [9.17, 15) is 0 Å². The molecule has 0 fully saturated rings. The van der Waals surface area contributed by atoms with Crippen molar-refractivity contribution in [1.29, 1.82) is 5.26 Å². The van der Waals surface area contributed by atoms with Crippen molar-refractivity contribution >= 4 is 21.8 Å². The third kappa shape index (κ3) is 1.90. The van der Waals surface area contributed by atoms with Crippen LogP contribution in [0.3, 0.4) is 0 Å². The zero-order valence-corrected chi connectivity index (χ0v) is 11.7. The van der Waals surface area contributed by atoms with Crippen LogP contribution in [0.2, 0.25) is 0 Å². The third-order valence-corrected chi connectivity index (χ3v) is 3.79. The van der Waals surface area contributed by atoms with E-state index >= 15 is 0 Å². The summed E-state index contributed by atoms with van der Waals surface area (Å²) >= 11 is 0. The second-order valence-corrected chi connectivity index (χ2v) is 5.09. The fourth-order valence-electron chi connectivity index (χ4n) is 2.74. The van der Waals surface area contributed by atoms with Crippen LogP contribution in [0.5, 0.6) is 0 Å². The first-order valence-corrected chi connectivity index (χ1v) is 7.00. The third-order valence-electron chi connectivity index (χ3n) is 3.79. The highest BCUT2D eigenvalue weighted by Gasteiger charge is 2.09. The molecule has 2 aromatic heterocycles. The fraction of sp³-hybridized carbons (Fsp3) is 0. The van der Waals surface area contributed by atoms with E-state index in [4.69, 9.17) is 5.26 Å². The summed E-state index contributed by atoms with van der Waals surface area (Å²) in [5.41, 5.74) is 4.65. The van der Waals surface area contributed by atoms with Gasteiger partial charge in [-0.05, 0) is 41.5 Å². The molecule has 0 aliphatic carbocycles. The van der Waals surface area contributed by atoms with E-state index in [2.05, 4.69) is 28.2 Å². The van der Waals surface area contributed by atoms with Gasteiger partial charge in [0.2, 0.25) is 0 Å².